The van der Waals surface area contributed by atoms with Crippen molar-refractivity contribution in [2.45, 2.75) is 26.7 Å². The van der Waals surface area contributed by atoms with Crippen LogP contribution in [0.3, 0.4) is 0 Å². The van der Waals surface area contributed by atoms with Crippen LogP contribution in [0.25, 0.3) is 0 Å². The average Bonchev–Trinajstić information content (AvgIpc) is 2.62. The van der Waals surface area contributed by atoms with Crippen LogP contribution in [-0.4, -0.2) is 20.2 Å². The summed E-state index contributed by atoms with van der Waals surface area (Å²) in [4.78, 5) is 12.3. The highest BCUT2D eigenvalue weighted by Crippen LogP contribution is 2.37. The van der Waals surface area contributed by atoms with Crippen LogP contribution < -0.4 is 4.74 Å². The first kappa shape index (κ1) is 18.6. The number of hydrogen-bond acceptors (Lipinski definition) is 3. The maximum absolute atomic E-state index is 12.3. The summed E-state index contributed by atoms with van der Waals surface area (Å²) in [6.07, 6.45) is 0. The molecule has 0 aromatic heterocycles. The summed E-state index contributed by atoms with van der Waals surface area (Å²) >= 11 is 0. The lowest BCUT2D eigenvalue weighted by atomic mass is 9.74. The molecule has 0 amide bonds. The molecule has 0 spiro atoms. The fourth-order valence-electron chi connectivity index (χ4n) is 2.77. The molecule has 0 aliphatic heterocycles. The summed E-state index contributed by atoms with van der Waals surface area (Å²) < 4.78 is 10.2. The Bertz CT molecular complexity index is 792. The molecule has 2 aromatic carbocycles. The Morgan fingerprint density at radius 1 is 1.04 bits per heavy atom. The molecule has 0 saturated heterocycles. The van der Waals surface area contributed by atoms with Crippen molar-refractivity contribution in [3.63, 3.8) is 0 Å². The molecule has 25 heavy (non-hydrogen) atoms. The van der Waals surface area contributed by atoms with E-state index in [9.17, 15) is 4.79 Å². The van der Waals surface area contributed by atoms with Gasteiger partial charge in [0.05, 0.1) is 25.6 Å². The largest absolute Gasteiger partial charge is 0.497 e. The maximum atomic E-state index is 12.3. The van der Waals surface area contributed by atoms with Gasteiger partial charge in [0.25, 0.3) is 0 Å². The maximum Gasteiger partial charge on any atom is 0.312 e. The lowest BCUT2D eigenvalue weighted by Crippen LogP contribution is -2.32. The van der Waals surface area contributed by atoms with E-state index >= 15 is 0 Å². The molecule has 0 heterocycles. The molecule has 0 saturated carbocycles. The van der Waals surface area contributed by atoms with E-state index in [0.29, 0.717) is 0 Å². The topological polar surface area (TPSA) is 35.5 Å². The van der Waals surface area contributed by atoms with Crippen molar-refractivity contribution < 1.29 is 14.3 Å². The normalized spacial score (nSPS) is 11.9. The van der Waals surface area contributed by atoms with E-state index in [0.717, 1.165) is 22.4 Å². The zero-order valence-electron chi connectivity index (χ0n) is 15.4. The second-order valence-electron chi connectivity index (χ2n) is 6.50. The van der Waals surface area contributed by atoms with Gasteiger partial charge in [-0.2, -0.15) is 0 Å². The van der Waals surface area contributed by atoms with E-state index in [4.69, 9.17) is 9.47 Å². The zero-order valence-corrected chi connectivity index (χ0v) is 15.4. The molecule has 3 nitrogen and oxygen atoms in total. The van der Waals surface area contributed by atoms with Crippen LogP contribution in [-0.2, 0) is 9.53 Å². The second-order valence-corrected chi connectivity index (χ2v) is 6.50. The van der Waals surface area contributed by atoms with Crippen molar-refractivity contribution in [1.29, 1.82) is 0 Å². The zero-order chi connectivity index (χ0) is 18.4. The van der Waals surface area contributed by atoms with Crippen LogP contribution in [0.15, 0.2) is 48.5 Å². The van der Waals surface area contributed by atoms with Gasteiger partial charge in [0.1, 0.15) is 5.75 Å². The predicted octanol–water partition coefficient (Wildman–Crippen LogP) is 4.34. The predicted molar refractivity (Wildman–Crippen MR) is 99.6 cm³/mol. The van der Waals surface area contributed by atoms with Crippen LogP contribution in [0.2, 0.25) is 0 Å². The summed E-state index contributed by atoms with van der Waals surface area (Å²) in [6, 6.07) is 15.6. The van der Waals surface area contributed by atoms with Crippen molar-refractivity contribution in [1.82, 2.24) is 0 Å². The Balaban J connectivity index is 2.47. The third kappa shape index (κ3) is 4.22. The van der Waals surface area contributed by atoms with Gasteiger partial charge in [0.2, 0.25) is 0 Å². The van der Waals surface area contributed by atoms with E-state index < -0.39 is 5.41 Å². The molecule has 0 radical (unpaired) electrons. The van der Waals surface area contributed by atoms with Gasteiger partial charge >= 0.3 is 5.97 Å². The summed E-state index contributed by atoms with van der Waals surface area (Å²) in [5.74, 6) is 6.73. The molecule has 130 valence electrons. The van der Waals surface area contributed by atoms with E-state index in [1.54, 1.807) is 7.11 Å². The SMILES string of the molecule is COC(=O)C(C)(C)[C@@H](C#Cc1ccc(OC)cc1)c1ccccc1C. The van der Waals surface area contributed by atoms with Crippen molar-refractivity contribution in [3.05, 3.63) is 65.2 Å². The van der Waals surface area contributed by atoms with Crippen LogP contribution in [0, 0.1) is 24.2 Å². The van der Waals surface area contributed by atoms with Crippen molar-refractivity contribution in [3.8, 4) is 17.6 Å². The highest BCUT2D eigenvalue weighted by molar-refractivity contribution is 5.78. The lowest BCUT2D eigenvalue weighted by molar-refractivity contribution is -0.151. The number of hydrogen-bond donors (Lipinski definition) is 0. The Kier molecular flexibility index (Phi) is 5.88. The molecular weight excluding hydrogens is 312 g/mol. The van der Waals surface area contributed by atoms with Crippen molar-refractivity contribution in [2.24, 2.45) is 5.41 Å². The third-order valence-corrected chi connectivity index (χ3v) is 4.38. The molecule has 1 atom stereocenters. The third-order valence-electron chi connectivity index (χ3n) is 4.38. The highest BCUT2D eigenvalue weighted by atomic mass is 16.5. The van der Waals surface area contributed by atoms with Crippen molar-refractivity contribution >= 4 is 5.97 Å². The van der Waals surface area contributed by atoms with Gasteiger partial charge < -0.3 is 9.47 Å². The number of ether oxygens (including phenoxy) is 2. The Hall–Kier alpha value is -2.73. The lowest BCUT2D eigenvalue weighted by Gasteiger charge is -2.29. The minimum absolute atomic E-state index is 0.273. The Labute approximate surface area is 150 Å². The molecule has 2 rings (SSSR count). The van der Waals surface area contributed by atoms with Gasteiger partial charge in [-0.25, -0.2) is 0 Å². The molecule has 0 unspecified atom stereocenters. The second kappa shape index (κ2) is 7.90. The number of carbonyl (C=O) groups is 1. The summed E-state index contributed by atoms with van der Waals surface area (Å²) in [7, 11) is 3.05. The van der Waals surface area contributed by atoms with Crippen LogP contribution in [0.5, 0.6) is 5.75 Å². The summed E-state index contributed by atoms with van der Waals surface area (Å²) in [6.45, 7) is 5.78. The van der Waals surface area contributed by atoms with Crippen LogP contribution in [0.1, 0.15) is 36.5 Å². The van der Waals surface area contributed by atoms with E-state index in [1.165, 1.54) is 7.11 Å². The number of methoxy groups -OCH3 is 2. The fourth-order valence-corrected chi connectivity index (χ4v) is 2.77. The van der Waals surface area contributed by atoms with Gasteiger partial charge in [-0.15, -0.1) is 0 Å². The quantitative estimate of drug-likeness (QED) is 0.615. The molecule has 0 bridgehead atoms. The first-order valence-corrected chi connectivity index (χ1v) is 8.19. The van der Waals surface area contributed by atoms with Crippen molar-refractivity contribution in [2.75, 3.05) is 14.2 Å². The van der Waals surface area contributed by atoms with Gasteiger partial charge in [-0.05, 0) is 56.2 Å². The number of aryl methyl sites for hydroxylation is 1. The molecule has 0 aliphatic rings. The molecule has 3 heteroatoms. The minimum atomic E-state index is -0.764. The molecule has 2 aromatic rings. The van der Waals surface area contributed by atoms with Gasteiger partial charge in [0.15, 0.2) is 0 Å². The van der Waals surface area contributed by atoms with E-state index in [2.05, 4.69) is 11.8 Å². The van der Waals surface area contributed by atoms with E-state index in [1.807, 2.05) is 69.3 Å². The number of benzene rings is 2. The first-order chi connectivity index (χ1) is 11.9. The smallest absolute Gasteiger partial charge is 0.312 e. The summed E-state index contributed by atoms with van der Waals surface area (Å²) in [5, 5.41) is 0. The summed E-state index contributed by atoms with van der Waals surface area (Å²) in [5.41, 5.74) is 2.26. The minimum Gasteiger partial charge on any atom is -0.497 e. The monoisotopic (exact) mass is 336 g/mol. The van der Waals surface area contributed by atoms with Gasteiger partial charge in [-0.3, -0.25) is 4.79 Å². The van der Waals surface area contributed by atoms with Crippen LogP contribution in [0.4, 0.5) is 0 Å². The molecular formula is C22H24O3. The Morgan fingerprint density at radius 2 is 1.68 bits per heavy atom. The number of rotatable bonds is 4. The van der Waals surface area contributed by atoms with Gasteiger partial charge in [0, 0.05) is 5.56 Å². The Morgan fingerprint density at radius 3 is 2.24 bits per heavy atom. The highest BCUT2D eigenvalue weighted by Gasteiger charge is 2.38. The van der Waals surface area contributed by atoms with Crippen LogP contribution >= 0.6 is 0 Å². The number of carbonyl (C=O) groups excluding carboxylic acids is 1. The number of esters is 1. The van der Waals surface area contributed by atoms with Gasteiger partial charge in [-0.1, -0.05) is 36.1 Å². The molecule has 0 aliphatic carbocycles. The molecule has 0 fully saturated rings. The average molecular weight is 336 g/mol. The fraction of sp³-hybridized carbons (Fsp3) is 0.318. The molecule has 0 N–H and O–H groups in total. The van der Waals surface area contributed by atoms with E-state index in [-0.39, 0.29) is 11.9 Å². The first-order valence-electron chi connectivity index (χ1n) is 8.19. The standard InChI is InChI=1S/C22H24O3/c1-16-8-6-7-9-19(16)20(22(2,3)21(23)25-5)15-12-17-10-13-18(24-4)14-11-17/h6-11,13-14,20H,1-5H3/t20-/m0/s1.